The summed E-state index contributed by atoms with van der Waals surface area (Å²) in [5.74, 6) is -2.56. The van der Waals surface area contributed by atoms with E-state index in [1.54, 1.807) is 25.1 Å². The van der Waals surface area contributed by atoms with Gasteiger partial charge in [0.1, 0.15) is 22.6 Å². The Morgan fingerprint density at radius 2 is 1.59 bits per heavy atom. The van der Waals surface area contributed by atoms with Crippen molar-refractivity contribution < 1.29 is 30.0 Å². The van der Waals surface area contributed by atoms with Crippen LogP contribution in [0.4, 0.5) is 0 Å². The smallest absolute Gasteiger partial charge is 0.339 e. The van der Waals surface area contributed by atoms with Crippen molar-refractivity contribution in [2.75, 3.05) is 0 Å². The number of phenols is 2. The number of carbonyl (C=O) groups is 2. The SMILES string of the molecule is CCCC/C=C\c1ccc(C(=O)O)c(O)c1C.O=C(O)c1ccccc1O. The van der Waals surface area contributed by atoms with E-state index in [-0.39, 0.29) is 22.6 Å². The summed E-state index contributed by atoms with van der Waals surface area (Å²) in [6.45, 7) is 3.85. The largest absolute Gasteiger partial charge is 0.507 e. The molecule has 0 aliphatic heterocycles. The van der Waals surface area contributed by atoms with E-state index < -0.39 is 11.9 Å². The lowest BCUT2D eigenvalue weighted by atomic mass is 10.0. The second-order valence-electron chi connectivity index (χ2n) is 5.85. The van der Waals surface area contributed by atoms with Crippen molar-refractivity contribution in [2.24, 2.45) is 0 Å². The molecule has 0 radical (unpaired) electrons. The monoisotopic (exact) mass is 372 g/mol. The molecule has 0 saturated carbocycles. The fraction of sp³-hybridized carbons (Fsp3) is 0.238. The zero-order chi connectivity index (χ0) is 20.4. The average molecular weight is 372 g/mol. The Hall–Kier alpha value is -3.28. The highest BCUT2D eigenvalue weighted by atomic mass is 16.4. The minimum absolute atomic E-state index is 0.0480. The lowest BCUT2D eigenvalue weighted by Gasteiger charge is -2.06. The van der Waals surface area contributed by atoms with Gasteiger partial charge in [0.2, 0.25) is 0 Å². The van der Waals surface area contributed by atoms with Gasteiger partial charge in [-0.05, 0) is 42.7 Å². The van der Waals surface area contributed by atoms with E-state index in [2.05, 4.69) is 6.92 Å². The van der Waals surface area contributed by atoms with Gasteiger partial charge in [0.15, 0.2) is 0 Å². The van der Waals surface area contributed by atoms with Gasteiger partial charge >= 0.3 is 11.9 Å². The minimum Gasteiger partial charge on any atom is -0.507 e. The number of benzene rings is 2. The maximum atomic E-state index is 10.8. The van der Waals surface area contributed by atoms with E-state index in [9.17, 15) is 14.7 Å². The Morgan fingerprint density at radius 1 is 0.963 bits per heavy atom. The molecule has 0 saturated heterocycles. The lowest BCUT2D eigenvalue weighted by Crippen LogP contribution is -1.98. The van der Waals surface area contributed by atoms with Crippen molar-refractivity contribution >= 4 is 18.0 Å². The lowest BCUT2D eigenvalue weighted by molar-refractivity contribution is 0.0682. The maximum Gasteiger partial charge on any atom is 0.339 e. The first-order chi connectivity index (χ1) is 12.8. The second-order valence-corrected chi connectivity index (χ2v) is 5.85. The number of carboxylic acid groups (broad SMARTS) is 2. The number of allylic oxidation sites excluding steroid dienone is 1. The molecule has 0 fully saturated rings. The number of hydrogen-bond donors (Lipinski definition) is 4. The third-order valence-electron chi connectivity index (χ3n) is 3.86. The standard InChI is InChI=1S/C14H18O3.C7H6O3/c1-3-4-5-6-7-11-8-9-12(14(16)17)13(15)10(11)2;8-6-4-2-1-3-5(6)7(9)10/h6-9,15H,3-5H2,1-2H3,(H,16,17);1-4,8H,(H,9,10)/b7-6-;. The van der Waals surface area contributed by atoms with E-state index in [0.29, 0.717) is 5.56 Å². The average Bonchev–Trinajstić information content (AvgIpc) is 2.62. The van der Waals surface area contributed by atoms with Gasteiger partial charge in [-0.3, -0.25) is 0 Å². The van der Waals surface area contributed by atoms with E-state index in [4.69, 9.17) is 15.3 Å². The molecule has 6 nitrogen and oxygen atoms in total. The molecule has 2 rings (SSSR count). The van der Waals surface area contributed by atoms with Crippen LogP contribution >= 0.6 is 0 Å². The molecule has 27 heavy (non-hydrogen) atoms. The number of rotatable bonds is 6. The maximum absolute atomic E-state index is 10.8. The van der Waals surface area contributed by atoms with Crippen LogP contribution in [0.2, 0.25) is 0 Å². The van der Waals surface area contributed by atoms with Crippen LogP contribution in [0.15, 0.2) is 42.5 Å². The number of carboxylic acids is 2. The summed E-state index contributed by atoms with van der Waals surface area (Å²) in [6.07, 6.45) is 7.25. The summed E-state index contributed by atoms with van der Waals surface area (Å²) >= 11 is 0. The van der Waals surface area contributed by atoms with Gasteiger partial charge in [-0.25, -0.2) is 9.59 Å². The molecule has 0 heterocycles. The Balaban J connectivity index is 0.000000309. The van der Waals surface area contributed by atoms with E-state index >= 15 is 0 Å². The van der Waals surface area contributed by atoms with Crippen LogP contribution < -0.4 is 0 Å². The van der Waals surface area contributed by atoms with Crippen molar-refractivity contribution in [3.63, 3.8) is 0 Å². The molecule has 2 aromatic rings. The molecule has 0 aliphatic rings. The summed E-state index contributed by atoms with van der Waals surface area (Å²) in [5, 5.41) is 35.9. The first kappa shape index (κ1) is 21.8. The molecule has 0 bridgehead atoms. The van der Waals surface area contributed by atoms with Crippen molar-refractivity contribution in [3.05, 3.63) is 64.7 Å². The highest BCUT2D eigenvalue weighted by Gasteiger charge is 2.12. The van der Waals surface area contributed by atoms with Crippen LogP contribution in [0.1, 0.15) is 58.0 Å². The predicted molar refractivity (Wildman–Crippen MR) is 103 cm³/mol. The van der Waals surface area contributed by atoms with Gasteiger partial charge in [-0.1, -0.05) is 50.1 Å². The number of aromatic carboxylic acids is 2. The molecule has 2 aromatic carbocycles. The third kappa shape index (κ3) is 6.51. The highest BCUT2D eigenvalue weighted by Crippen LogP contribution is 2.26. The Bertz CT molecular complexity index is 823. The molecule has 0 amide bonds. The number of unbranched alkanes of at least 4 members (excludes halogenated alkanes) is 2. The zero-order valence-corrected chi connectivity index (χ0v) is 15.3. The Kier molecular flexibility index (Phi) is 8.59. The number of aromatic hydroxyl groups is 2. The van der Waals surface area contributed by atoms with Gasteiger partial charge in [-0.15, -0.1) is 0 Å². The van der Waals surface area contributed by atoms with Crippen LogP contribution in [-0.2, 0) is 0 Å². The van der Waals surface area contributed by atoms with Gasteiger partial charge in [0, 0.05) is 0 Å². The third-order valence-corrected chi connectivity index (χ3v) is 3.86. The quantitative estimate of drug-likeness (QED) is 0.547. The molecular formula is C21H24O6. The van der Waals surface area contributed by atoms with Crippen LogP contribution in [-0.4, -0.2) is 32.4 Å². The second kappa shape index (κ2) is 10.7. The summed E-state index contributed by atoms with van der Waals surface area (Å²) in [7, 11) is 0. The summed E-state index contributed by atoms with van der Waals surface area (Å²) < 4.78 is 0. The molecule has 0 aliphatic carbocycles. The van der Waals surface area contributed by atoms with Gasteiger partial charge < -0.3 is 20.4 Å². The van der Waals surface area contributed by atoms with Crippen LogP contribution in [0.5, 0.6) is 11.5 Å². The summed E-state index contributed by atoms with van der Waals surface area (Å²) in [6, 6.07) is 8.97. The van der Waals surface area contributed by atoms with Crippen LogP contribution in [0.25, 0.3) is 6.08 Å². The van der Waals surface area contributed by atoms with Crippen LogP contribution in [0, 0.1) is 6.92 Å². The molecule has 144 valence electrons. The fourth-order valence-electron chi connectivity index (χ4n) is 2.26. The normalized spacial score (nSPS) is 10.3. The first-order valence-corrected chi connectivity index (χ1v) is 8.53. The van der Waals surface area contributed by atoms with Crippen molar-refractivity contribution in [2.45, 2.75) is 33.1 Å². The molecule has 0 spiro atoms. The molecule has 6 heteroatoms. The molecule has 4 N–H and O–H groups in total. The summed E-state index contributed by atoms with van der Waals surface area (Å²) in [4.78, 5) is 21.1. The minimum atomic E-state index is -1.11. The van der Waals surface area contributed by atoms with Gasteiger partial charge in [-0.2, -0.15) is 0 Å². The Morgan fingerprint density at radius 3 is 2.11 bits per heavy atom. The van der Waals surface area contributed by atoms with Crippen molar-refractivity contribution in [3.8, 4) is 11.5 Å². The topological polar surface area (TPSA) is 115 Å². The number of hydrogen-bond acceptors (Lipinski definition) is 4. The van der Waals surface area contributed by atoms with Crippen molar-refractivity contribution in [1.29, 1.82) is 0 Å². The van der Waals surface area contributed by atoms with E-state index in [1.807, 2.05) is 12.2 Å². The predicted octanol–water partition coefficient (Wildman–Crippen LogP) is 4.69. The van der Waals surface area contributed by atoms with E-state index in [0.717, 1.165) is 24.8 Å². The molecular weight excluding hydrogens is 348 g/mol. The van der Waals surface area contributed by atoms with Crippen molar-refractivity contribution in [1.82, 2.24) is 0 Å². The van der Waals surface area contributed by atoms with Gasteiger partial charge in [0.05, 0.1) is 0 Å². The first-order valence-electron chi connectivity index (χ1n) is 8.53. The number of para-hydroxylation sites is 1. The molecule has 0 atom stereocenters. The zero-order valence-electron chi connectivity index (χ0n) is 15.3. The molecule has 0 unspecified atom stereocenters. The van der Waals surface area contributed by atoms with Crippen LogP contribution in [0.3, 0.4) is 0 Å². The highest BCUT2D eigenvalue weighted by molar-refractivity contribution is 5.92. The fourth-order valence-corrected chi connectivity index (χ4v) is 2.26. The van der Waals surface area contributed by atoms with E-state index in [1.165, 1.54) is 18.2 Å². The van der Waals surface area contributed by atoms with Gasteiger partial charge in [0.25, 0.3) is 0 Å². The molecule has 0 aromatic heterocycles. The summed E-state index contributed by atoms with van der Waals surface area (Å²) in [5.41, 5.74) is 1.36. The Labute approximate surface area is 158 Å².